The zero-order valence-corrected chi connectivity index (χ0v) is 16.6. The van der Waals surface area contributed by atoms with Gasteiger partial charge in [0, 0.05) is 5.56 Å². The van der Waals surface area contributed by atoms with Crippen molar-refractivity contribution in [3.05, 3.63) is 53.5 Å². The van der Waals surface area contributed by atoms with Gasteiger partial charge in [0.1, 0.15) is 5.75 Å². The Morgan fingerprint density at radius 1 is 1.00 bits per heavy atom. The Hall–Kier alpha value is -3.13. The van der Waals surface area contributed by atoms with Crippen molar-refractivity contribution in [3.63, 3.8) is 0 Å². The van der Waals surface area contributed by atoms with Crippen molar-refractivity contribution in [2.75, 3.05) is 14.2 Å². The third-order valence-corrected chi connectivity index (χ3v) is 5.31. The highest BCUT2D eigenvalue weighted by atomic mass is 32.1. The van der Waals surface area contributed by atoms with Crippen molar-refractivity contribution in [1.29, 1.82) is 0 Å². The normalized spacial score (nSPS) is 12.1. The van der Waals surface area contributed by atoms with Gasteiger partial charge >= 0.3 is 0 Å². The smallest absolute Gasteiger partial charge is 0.235 e. The van der Waals surface area contributed by atoms with Gasteiger partial charge in [0.25, 0.3) is 0 Å². The van der Waals surface area contributed by atoms with Crippen LogP contribution in [0.3, 0.4) is 0 Å². The molecular formula is C20H20N4O3S. The van der Waals surface area contributed by atoms with Gasteiger partial charge in [-0.05, 0) is 36.8 Å². The summed E-state index contributed by atoms with van der Waals surface area (Å²) in [6, 6.07) is 15.4. The minimum absolute atomic E-state index is 0.146. The maximum Gasteiger partial charge on any atom is 0.235 e. The Labute approximate surface area is 166 Å². The second kappa shape index (κ2) is 7.85. The molecule has 4 rings (SSSR count). The van der Waals surface area contributed by atoms with Crippen molar-refractivity contribution in [1.82, 2.24) is 19.8 Å². The first-order valence-electron chi connectivity index (χ1n) is 8.89. The Bertz CT molecular complexity index is 1080. The predicted octanol–water partition coefficient (Wildman–Crippen LogP) is 4.40. The van der Waals surface area contributed by atoms with Crippen LogP contribution in [0.2, 0.25) is 0 Å². The molecule has 144 valence electrons. The zero-order chi connectivity index (χ0) is 19.5. The van der Waals surface area contributed by atoms with E-state index in [1.165, 1.54) is 11.3 Å². The molecule has 0 fully saturated rings. The van der Waals surface area contributed by atoms with Gasteiger partial charge < -0.3 is 14.2 Å². The highest BCUT2D eigenvalue weighted by Gasteiger charge is 2.21. The predicted molar refractivity (Wildman–Crippen MR) is 107 cm³/mol. The average Bonchev–Trinajstić information content (AvgIpc) is 3.33. The van der Waals surface area contributed by atoms with E-state index in [0.717, 1.165) is 27.7 Å². The number of hydrogen-bond acceptors (Lipinski definition) is 7. The molecule has 0 saturated heterocycles. The topological polar surface area (TPSA) is 70.8 Å². The Kier molecular flexibility index (Phi) is 5.12. The Morgan fingerprint density at radius 3 is 2.50 bits per heavy atom. The van der Waals surface area contributed by atoms with Crippen molar-refractivity contribution in [3.8, 4) is 28.6 Å². The summed E-state index contributed by atoms with van der Waals surface area (Å²) in [6.07, 6.45) is 0.650. The van der Waals surface area contributed by atoms with E-state index < -0.39 is 0 Å². The molecule has 2 aromatic heterocycles. The molecule has 0 aliphatic carbocycles. The van der Waals surface area contributed by atoms with Crippen LogP contribution >= 0.6 is 11.3 Å². The van der Waals surface area contributed by atoms with Crippen LogP contribution in [-0.4, -0.2) is 34.0 Å². The Balaban J connectivity index is 1.68. The van der Waals surface area contributed by atoms with Gasteiger partial charge in [0.2, 0.25) is 4.96 Å². The molecule has 4 aromatic rings. The van der Waals surface area contributed by atoms with Gasteiger partial charge in [-0.15, -0.1) is 10.2 Å². The molecule has 0 unspecified atom stereocenters. The fraction of sp³-hybridized carbons (Fsp3) is 0.250. The van der Waals surface area contributed by atoms with Crippen molar-refractivity contribution >= 4 is 16.3 Å². The first-order chi connectivity index (χ1) is 13.7. The van der Waals surface area contributed by atoms with Crippen LogP contribution in [0.15, 0.2) is 48.5 Å². The van der Waals surface area contributed by atoms with E-state index >= 15 is 0 Å². The zero-order valence-electron chi connectivity index (χ0n) is 15.8. The van der Waals surface area contributed by atoms with Crippen LogP contribution in [0.5, 0.6) is 17.2 Å². The number of ether oxygens (including phenoxy) is 3. The molecule has 0 aliphatic heterocycles. The number of benzene rings is 2. The number of nitrogens with zero attached hydrogens (tertiary/aromatic N) is 4. The number of fused-ring (bicyclic) bond motifs is 1. The second-order valence-electron chi connectivity index (χ2n) is 6.06. The standard InChI is InChI=1S/C20H20N4O3S/c1-4-15(27-14-8-6-5-7-9-14)19-23-24-18(21-22-20(24)28-19)13-10-11-16(25-2)17(12-13)26-3/h5-12,15H,4H2,1-3H3/t15-/m0/s1. The molecule has 2 aromatic carbocycles. The summed E-state index contributed by atoms with van der Waals surface area (Å²) < 4.78 is 18.6. The minimum atomic E-state index is -0.146. The third kappa shape index (κ3) is 3.38. The van der Waals surface area contributed by atoms with Crippen molar-refractivity contribution in [2.45, 2.75) is 19.4 Å². The fourth-order valence-corrected chi connectivity index (χ4v) is 3.84. The molecule has 0 amide bonds. The summed E-state index contributed by atoms with van der Waals surface area (Å²) in [4.78, 5) is 0.717. The molecule has 1 atom stereocenters. The van der Waals surface area contributed by atoms with Crippen LogP contribution in [0.4, 0.5) is 0 Å². The van der Waals surface area contributed by atoms with E-state index in [4.69, 9.17) is 19.3 Å². The fourth-order valence-electron chi connectivity index (χ4n) is 2.89. The monoisotopic (exact) mass is 396 g/mol. The molecule has 2 heterocycles. The lowest BCUT2D eigenvalue weighted by atomic mass is 10.2. The maximum atomic E-state index is 6.11. The molecule has 8 heteroatoms. The number of aromatic nitrogens is 4. The lowest BCUT2D eigenvalue weighted by Gasteiger charge is -2.14. The van der Waals surface area contributed by atoms with Gasteiger partial charge in [0.15, 0.2) is 28.4 Å². The summed E-state index contributed by atoms with van der Waals surface area (Å²) in [5.74, 6) is 2.76. The summed E-state index contributed by atoms with van der Waals surface area (Å²) in [5.41, 5.74) is 0.846. The first kappa shape index (κ1) is 18.2. The van der Waals surface area contributed by atoms with Gasteiger partial charge in [-0.3, -0.25) is 0 Å². The van der Waals surface area contributed by atoms with Gasteiger partial charge in [0.05, 0.1) is 14.2 Å². The molecule has 0 N–H and O–H groups in total. The second-order valence-corrected chi connectivity index (χ2v) is 7.04. The third-order valence-electron chi connectivity index (χ3n) is 4.32. The van der Waals surface area contributed by atoms with Crippen LogP contribution < -0.4 is 14.2 Å². The number of methoxy groups -OCH3 is 2. The van der Waals surface area contributed by atoms with E-state index in [1.807, 2.05) is 48.5 Å². The van der Waals surface area contributed by atoms with E-state index in [1.54, 1.807) is 18.7 Å². The molecule has 0 saturated carbocycles. The van der Waals surface area contributed by atoms with Crippen LogP contribution in [0.1, 0.15) is 24.5 Å². The van der Waals surface area contributed by atoms with Crippen LogP contribution in [-0.2, 0) is 0 Å². The summed E-state index contributed by atoms with van der Waals surface area (Å²) in [6.45, 7) is 2.07. The summed E-state index contributed by atoms with van der Waals surface area (Å²) in [5, 5.41) is 14.2. The van der Waals surface area contributed by atoms with Crippen LogP contribution in [0.25, 0.3) is 16.3 Å². The SMILES string of the molecule is CC[C@H](Oc1ccccc1)c1nn2c(-c3ccc(OC)c(OC)c3)nnc2s1. The minimum Gasteiger partial charge on any atom is -0.493 e. The largest absolute Gasteiger partial charge is 0.493 e. The van der Waals surface area contributed by atoms with Crippen LogP contribution in [0, 0.1) is 0 Å². The van der Waals surface area contributed by atoms with E-state index in [-0.39, 0.29) is 6.10 Å². The number of rotatable bonds is 7. The van der Waals surface area contributed by atoms with E-state index in [2.05, 4.69) is 17.1 Å². The lowest BCUT2D eigenvalue weighted by Crippen LogP contribution is -2.07. The van der Waals surface area contributed by atoms with Crippen molar-refractivity contribution in [2.24, 2.45) is 0 Å². The first-order valence-corrected chi connectivity index (χ1v) is 9.71. The van der Waals surface area contributed by atoms with Gasteiger partial charge in [-0.25, -0.2) is 0 Å². The average molecular weight is 396 g/mol. The molecule has 0 spiro atoms. The van der Waals surface area contributed by atoms with Crippen molar-refractivity contribution < 1.29 is 14.2 Å². The highest BCUT2D eigenvalue weighted by Crippen LogP contribution is 2.33. The molecule has 7 nitrogen and oxygen atoms in total. The molecule has 28 heavy (non-hydrogen) atoms. The quantitative estimate of drug-likeness (QED) is 0.461. The maximum absolute atomic E-state index is 6.11. The van der Waals surface area contributed by atoms with E-state index in [0.29, 0.717) is 17.3 Å². The molecule has 0 bridgehead atoms. The Morgan fingerprint density at radius 2 is 1.79 bits per heavy atom. The summed E-state index contributed by atoms with van der Waals surface area (Å²) in [7, 11) is 3.21. The molecular weight excluding hydrogens is 376 g/mol. The highest BCUT2D eigenvalue weighted by molar-refractivity contribution is 7.16. The van der Waals surface area contributed by atoms with Gasteiger partial charge in [-0.1, -0.05) is 36.5 Å². The lowest BCUT2D eigenvalue weighted by molar-refractivity contribution is 0.199. The molecule has 0 aliphatic rings. The molecule has 0 radical (unpaired) electrons. The van der Waals surface area contributed by atoms with E-state index in [9.17, 15) is 0 Å². The summed E-state index contributed by atoms with van der Waals surface area (Å²) >= 11 is 1.48. The number of para-hydroxylation sites is 1. The van der Waals surface area contributed by atoms with Gasteiger partial charge in [-0.2, -0.15) is 9.61 Å². The number of hydrogen-bond donors (Lipinski definition) is 0.